The summed E-state index contributed by atoms with van der Waals surface area (Å²) < 4.78 is 5.55. The van der Waals surface area contributed by atoms with E-state index in [0.29, 0.717) is 11.5 Å². The Labute approximate surface area is 108 Å². The summed E-state index contributed by atoms with van der Waals surface area (Å²) in [6, 6.07) is 0. The van der Waals surface area contributed by atoms with Crippen LogP contribution in [0.1, 0.15) is 26.2 Å². The predicted molar refractivity (Wildman–Crippen MR) is 67.7 cm³/mol. The monoisotopic (exact) mass is 248 g/mol. The molecule has 0 amide bonds. The van der Waals surface area contributed by atoms with E-state index in [1.807, 2.05) is 0 Å². The average molecular weight is 248 g/mol. The second-order valence-corrected chi connectivity index (χ2v) is 6.04. The quantitative estimate of drug-likeness (QED) is 0.405. The second-order valence-electron chi connectivity index (χ2n) is 6.04. The molecule has 6 atom stereocenters. The molecule has 6 unspecified atom stereocenters. The Hall–Kier alpha value is -1.09. The van der Waals surface area contributed by atoms with Crippen LogP contribution in [0.2, 0.25) is 0 Å². The van der Waals surface area contributed by atoms with Crippen LogP contribution in [-0.2, 0) is 9.53 Å². The topological polar surface area (TPSA) is 46.5 Å². The van der Waals surface area contributed by atoms with Gasteiger partial charge in [-0.1, -0.05) is 25.7 Å². The first kappa shape index (κ1) is 12.0. The van der Waals surface area contributed by atoms with Gasteiger partial charge in [-0.2, -0.15) is 0 Å². The summed E-state index contributed by atoms with van der Waals surface area (Å²) >= 11 is 0. The summed E-state index contributed by atoms with van der Waals surface area (Å²) in [5.74, 6) is 0.546. The lowest BCUT2D eigenvalue weighted by atomic mass is 9.79. The molecule has 3 heteroatoms. The third-order valence-corrected chi connectivity index (χ3v) is 5.20. The van der Waals surface area contributed by atoms with Crippen LogP contribution in [-0.4, -0.2) is 23.3 Å². The Balaban J connectivity index is 1.98. The zero-order valence-corrected chi connectivity index (χ0v) is 10.8. The Morgan fingerprint density at radius 3 is 2.78 bits per heavy atom. The van der Waals surface area contributed by atoms with Gasteiger partial charge >= 0.3 is 5.97 Å². The third kappa shape index (κ3) is 1.50. The van der Waals surface area contributed by atoms with Gasteiger partial charge in [0.1, 0.15) is 6.10 Å². The summed E-state index contributed by atoms with van der Waals surface area (Å²) in [4.78, 5) is 11.7. The molecule has 2 saturated carbocycles. The SMILES string of the molecule is C=C1C(=O)OC2C1CCC(=C)C1CC(O)C(C)C12. The van der Waals surface area contributed by atoms with E-state index < -0.39 is 0 Å². The molecule has 0 aromatic heterocycles. The summed E-state index contributed by atoms with van der Waals surface area (Å²) in [7, 11) is 0. The lowest BCUT2D eigenvalue weighted by molar-refractivity contribution is -0.142. The molecule has 1 saturated heterocycles. The first-order valence-electron chi connectivity index (χ1n) is 6.76. The van der Waals surface area contributed by atoms with Crippen LogP contribution in [0.15, 0.2) is 24.3 Å². The molecule has 3 fully saturated rings. The van der Waals surface area contributed by atoms with Crippen molar-refractivity contribution < 1.29 is 14.6 Å². The highest BCUT2D eigenvalue weighted by Gasteiger charge is 2.53. The largest absolute Gasteiger partial charge is 0.458 e. The van der Waals surface area contributed by atoms with Crippen LogP contribution in [0.5, 0.6) is 0 Å². The number of carbonyl (C=O) groups excluding carboxylic acids is 1. The first-order valence-corrected chi connectivity index (χ1v) is 6.76. The van der Waals surface area contributed by atoms with Gasteiger partial charge in [-0.3, -0.25) is 0 Å². The Bertz CT molecular complexity index is 425. The summed E-state index contributed by atoms with van der Waals surface area (Å²) in [6.45, 7) is 10.1. The molecule has 3 nitrogen and oxygen atoms in total. The standard InChI is InChI=1S/C15H20O3/c1-7-4-5-10-8(2)15(17)18-14(10)13-9(3)12(16)6-11(7)13/h9-14,16H,1-2,4-6H2,3H3. The number of ether oxygens (including phenoxy) is 1. The molecule has 1 N–H and O–H groups in total. The minimum Gasteiger partial charge on any atom is -0.458 e. The maximum absolute atomic E-state index is 11.7. The highest BCUT2D eigenvalue weighted by atomic mass is 16.6. The van der Waals surface area contributed by atoms with Crippen LogP contribution in [0.4, 0.5) is 0 Å². The normalized spacial score (nSPS) is 47.6. The smallest absolute Gasteiger partial charge is 0.334 e. The van der Waals surface area contributed by atoms with Gasteiger partial charge in [0.2, 0.25) is 0 Å². The molecule has 0 radical (unpaired) electrons. The van der Waals surface area contributed by atoms with Crippen molar-refractivity contribution in [1.29, 1.82) is 0 Å². The zero-order valence-electron chi connectivity index (χ0n) is 10.8. The van der Waals surface area contributed by atoms with Crippen molar-refractivity contribution >= 4 is 5.97 Å². The molecular weight excluding hydrogens is 228 g/mol. The molecule has 18 heavy (non-hydrogen) atoms. The fourth-order valence-corrected chi connectivity index (χ4v) is 4.06. The van der Waals surface area contributed by atoms with E-state index in [-0.39, 0.29) is 35.9 Å². The van der Waals surface area contributed by atoms with E-state index in [4.69, 9.17) is 4.74 Å². The molecule has 1 aliphatic heterocycles. The number of aliphatic hydroxyl groups excluding tert-OH is 1. The highest BCUT2D eigenvalue weighted by molar-refractivity contribution is 5.90. The number of esters is 1. The van der Waals surface area contributed by atoms with Gasteiger partial charge in [-0.15, -0.1) is 0 Å². The number of hydrogen-bond donors (Lipinski definition) is 1. The molecule has 98 valence electrons. The minimum atomic E-state index is -0.303. The van der Waals surface area contributed by atoms with Gasteiger partial charge in [0.05, 0.1) is 6.10 Å². The Morgan fingerprint density at radius 2 is 2.06 bits per heavy atom. The average Bonchev–Trinajstić information content (AvgIpc) is 2.72. The lowest BCUT2D eigenvalue weighted by Crippen LogP contribution is -2.32. The number of carbonyl (C=O) groups is 1. The van der Waals surface area contributed by atoms with Crippen molar-refractivity contribution in [3.8, 4) is 0 Å². The van der Waals surface area contributed by atoms with Crippen molar-refractivity contribution in [3.05, 3.63) is 24.3 Å². The summed E-state index contributed by atoms with van der Waals surface area (Å²) in [5.41, 5.74) is 1.82. The van der Waals surface area contributed by atoms with Gasteiger partial charge in [0, 0.05) is 17.4 Å². The minimum absolute atomic E-state index is 0.0959. The van der Waals surface area contributed by atoms with Crippen molar-refractivity contribution in [2.75, 3.05) is 0 Å². The Morgan fingerprint density at radius 1 is 1.33 bits per heavy atom. The third-order valence-electron chi connectivity index (χ3n) is 5.20. The number of hydrogen-bond acceptors (Lipinski definition) is 3. The van der Waals surface area contributed by atoms with Crippen LogP contribution in [0.3, 0.4) is 0 Å². The predicted octanol–water partition coefficient (Wildman–Crippen LogP) is 2.07. The molecule has 2 aliphatic carbocycles. The summed E-state index contributed by atoms with van der Waals surface area (Å²) in [5, 5.41) is 10.1. The van der Waals surface area contributed by atoms with Crippen molar-refractivity contribution in [2.45, 2.75) is 38.4 Å². The molecule has 3 aliphatic rings. The van der Waals surface area contributed by atoms with Gasteiger partial charge in [-0.05, 0) is 31.1 Å². The van der Waals surface area contributed by atoms with Crippen LogP contribution in [0.25, 0.3) is 0 Å². The van der Waals surface area contributed by atoms with Crippen molar-refractivity contribution in [1.82, 2.24) is 0 Å². The number of fused-ring (bicyclic) bond motifs is 3. The second kappa shape index (κ2) is 3.95. The number of allylic oxidation sites excluding steroid dienone is 1. The molecule has 0 spiro atoms. The molecule has 3 rings (SSSR count). The fourth-order valence-electron chi connectivity index (χ4n) is 4.06. The van der Waals surface area contributed by atoms with Crippen LogP contribution >= 0.6 is 0 Å². The van der Waals surface area contributed by atoms with E-state index in [9.17, 15) is 9.90 Å². The van der Waals surface area contributed by atoms with Crippen LogP contribution in [0, 0.1) is 23.7 Å². The highest BCUT2D eigenvalue weighted by Crippen LogP contribution is 2.52. The first-order chi connectivity index (χ1) is 8.50. The van der Waals surface area contributed by atoms with E-state index >= 15 is 0 Å². The molecular formula is C15H20O3. The van der Waals surface area contributed by atoms with Gasteiger partial charge in [-0.25, -0.2) is 4.79 Å². The lowest BCUT2D eigenvalue weighted by Gasteiger charge is -2.28. The molecule has 0 aromatic carbocycles. The van der Waals surface area contributed by atoms with E-state index in [2.05, 4.69) is 20.1 Å². The van der Waals surface area contributed by atoms with E-state index in [1.165, 1.54) is 5.57 Å². The van der Waals surface area contributed by atoms with Gasteiger partial charge in [0.15, 0.2) is 0 Å². The molecule has 0 aromatic rings. The molecule has 1 heterocycles. The zero-order chi connectivity index (χ0) is 13.0. The Kier molecular flexibility index (Phi) is 2.63. The van der Waals surface area contributed by atoms with Crippen molar-refractivity contribution in [2.24, 2.45) is 23.7 Å². The van der Waals surface area contributed by atoms with Gasteiger partial charge < -0.3 is 9.84 Å². The van der Waals surface area contributed by atoms with E-state index in [1.54, 1.807) is 0 Å². The maximum Gasteiger partial charge on any atom is 0.334 e. The maximum atomic E-state index is 11.7. The summed E-state index contributed by atoms with van der Waals surface area (Å²) in [6.07, 6.45) is 2.18. The molecule has 0 bridgehead atoms. The van der Waals surface area contributed by atoms with Crippen molar-refractivity contribution in [3.63, 3.8) is 0 Å². The van der Waals surface area contributed by atoms with Crippen LogP contribution < -0.4 is 0 Å². The number of aliphatic hydroxyl groups is 1. The van der Waals surface area contributed by atoms with E-state index in [0.717, 1.165) is 19.3 Å². The fraction of sp³-hybridized carbons (Fsp3) is 0.667. The number of rotatable bonds is 0. The van der Waals surface area contributed by atoms with Gasteiger partial charge in [0.25, 0.3) is 0 Å².